The fourth-order valence-corrected chi connectivity index (χ4v) is 5.49. The van der Waals surface area contributed by atoms with Crippen LogP contribution in [0.25, 0.3) is 0 Å². The number of hydrogen-bond donors (Lipinski definition) is 2. The number of aliphatic imine (C=N–C) groups is 1. The Hall–Kier alpha value is -3.55. The molecule has 44 heavy (non-hydrogen) atoms. The van der Waals surface area contributed by atoms with E-state index in [1.807, 2.05) is 0 Å². The number of nitrogens with one attached hydrogen (secondary N) is 2. The number of rotatable bonds is 8. The number of halogens is 2. The molecule has 1 atom stereocenters. The summed E-state index contributed by atoms with van der Waals surface area (Å²) in [5.41, 5.74) is -2.61. The van der Waals surface area contributed by atoms with Gasteiger partial charge in [-0.15, -0.1) is 0 Å². The van der Waals surface area contributed by atoms with E-state index < -0.39 is 42.2 Å². The van der Waals surface area contributed by atoms with E-state index in [2.05, 4.69) is 49.5 Å². The highest BCUT2D eigenvalue weighted by atomic mass is 35.5. The van der Waals surface area contributed by atoms with Crippen LogP contribution in [-0.4, -0.2) is 54.9 Å². The second-order valence-corrected chi connectivity index (χ2v) is 18.6. The van der Waals surface area contributed by atoms with Gasteiger partial charge in [0.2, 0.25) is 11.9 Å². The van der Waals surface area contributed by atoms with Crippen molar-refractivity contribution in [3.8, 4) is 0 Å². The quantitative estimate of drug-likeness (QED) is 0.172. The highest BCUT2D eigenvalue weighted by Crippen LogP contribution is 2.39. The van der Waals surface area contributed by atoms with Gasteiger partial charge < -0.3 is 14.5 Å². The smallest absolute Gasteiger partial charge is 0.414 e. The van der Waals surface area contributed by atoms with E-state index in [4.69, 9.17) is 20.8 Å². The van der Waals surface area contributed by atoms with E-state index in [1.165, 1.54) is 35.2 Å². The minimum absolute atomic E-state index is 0.00730. The maximum Gasteiger partial charge on any atom is 0.414 e. The third-order valence-electron chi connectivity index (χ3n) is 7.61. The predicted octanol–water partition coefficient (Wildman–Crippen LogP) is 7.48. The first-order valence-electron chi connectivity index (χ1n) is 14.2. The fourth-order valence-electron chi connectivity index (χ4n) is 4.28. The van der Waals surface area contributed by atoms with Gasteiger partial charge >= 0.3 is 6.09 Å². The molecule has 0 saturated heterocycles. The zero-order chi connectivity index (χ0) is 33.3. The van der Waals surface area contributed by atoms with Crippen molar-refractivity contribution in [1.29, 1.82) is 0 Å². The topological polar surface area (TPSA) is 135 Å². The summed E-state index contributed by atoms with van der Waals surface area (Å²) in [4.78, 5) is 43.4. The number of carbonyl (C=O) groups is 2. The number of alkyl carbamates (subject to hydrolysis) is 1. The molecule has 1 heterocycles. The molecule has 3 rings (SSSR count). The normalized spacial score (nSPS) is 17.7. The molecule has 2 aromatic rings. The van der Waals surface area contributed by atoms with Gasteiger partial charge in [-0.1, -0.05) is 44.5 Å². The summed E-state index contributed by atoms with van der Waals surface area (Å²) < 4.78 is 27.8. The van der Waals surface area contributed by atoms with E-state index in [1.54, 1.807) is 33.8 Å². The van der Waals surface area contributed by atoms with E-state index in [0.717, 1.165) is 0 Å². The molecule has 0 aliphatic carbocycles. The van der Waals surface area contributed by atoms with Crippen molar-refractivity contribution in [2.24, 2.45) is 4.99 Å². The lowest BCUT2D eigenvalue weighted by molar-refractivity contribution is -0.383. The number of benzene rings is 2. The standard InChI is InChI=1S/C30H41ClFN5O6Si/c1-28(2,3)43-27(39)34-26-35-30(7,18-24(38)36(26)15-16-42-44(8,9)29(4,5)6)20-11-10-12-21(25(20)32)33-22-17-19(31)13-14-23(22)37(40)41/h10-14,17,33H,15-16,18H2,1-9H3,(H,34,35,39)/t30-/m0/s1. The highest BCUT2D eigenvalue weighted by molar-refractivity contribution is 6.74. The number of nitro benzene ring substituents is 1. The van der Waals surface area contributed by atoms with Gasteiger partial charge in [0.25, 0.3) is 5.69 Å². The number of nitro groups is 1. The fraction of sp³-hybridized carbons (Fsp3) is 0.500. The first-order chi connectivity index (χ1) is 20.1. The van der Waals surface area contributed by atoms with Crippen LogP contribution in [0.1, 0.15) is 60.5 Å². The Morgan fingerprint density at radius 3 is 2.43 bits per heavy atom. The van der Waals surface area contributed by atoms with Crippen molar-refractivity contribution in [1.82, 2.24) is 10.2 Å². The first-order valence-corrected chi connectivity index (χ1v) is 17.5. The number of carbonyl (C=O) groups excluding carboxylic acids is 2. The maximum absolute atomic E-state index is 16.1. The number of hydrogen-bond acceptors (Lipinski definition) is 8. The lowest BCUT2D eigenvalue weighted by Gasteiger charge is -2.39. The monoisotopic (exact) mass is 649 g/mol. The molecule has 0 fully saturated rings. The van der Waals surface area contributed by atoms with Gasteiger partial charge in [0.1, 0.15) is 11.3 Å². The molecule has 2 N–H and O–H groups in total. The van der Waals surface area contributed by atoms with Crippen LogP contribution in [0.2, 0.25) is 23.2 Å². The molecule has 0 radical (unpaired) electrons. The summed E-state index contributed by atoms with van der Waals surface area (Å²) in [5.74, 6) is -1.28. The summed E-state index contributed by atoms with van der Waals surface area (Å²) >= 11 is 6.05. The van der Waals surface area contributed by atoms with Crippen molar-refractivity contribution < 1.29 is 28.1 Å². The molecule has 0 saturated carbocycles. The number of guanidine groups is 1. The third kappa shape index (κ3) is 8.33. The maximum atomic E-state index is 16.1. The molecule has 0 aromatic heterocycles. The summed E-state index contributed by atoms with van der Waals surface area (Å²) in [6.07, 6.45) is -1.04. The van der Waals surface area contributed by atoms with Crippen molar-refractivity contribution in [2.45, 2.75) is 84.2 Å². The summed E-state index contributed by atoms with van der Waals surface area (Å²) in [7, 11) is -2.14. The molecular formula is C30H41ClFN5O6Si. The zero-order valence-electron chi connectivity index (χ0n) is 26.6. The largest absolute Gasteiger partial charge is 0.444 e. The van der Waals surface area contributed by atoms with Gasteiger partial charge in [-0.2, -0.15) is 0 Å². The predicted molar refractivity (Wildman–Crippen MR) is 171 cm³/mol. The van der Waals surface area contributed by atoms with Crippen LogP contribution >= 0.6 is 11.6 Å². The molecule has 14 heteroatoms. The van der Waals surface area contributed by atoms with Gasteiger partial charge in [0.05, 0.1) is 35.7 Å². The Morgan fingerprint density at radius 2 is 1.84 bits per heavy atom. The van der Waals surface area contributed by atoms with Crippen LogP contribution in [0.15, 0.2) is 41.4 Å². The van der Waals surface area contributed by atoms with Crippen LogP contribution in [0.3, 0.4) is 0 Å². The molecular weight excluding hydrogens is 609 g/mol. The minimum Gasteiger partial charge on any atom is -0.444 e. The van der Waals surface area contributed by atoms with E-state index in [9.17, 15) is 19.7 Å². The number of amides is 2. The van der Waals surface area contributed by atoms with Crippen molar-refractivity contribution >= 4 is 54.9 Å². The Bertz CT molecular complexity index is 1470. The SMILES string of the molecule is CC(C)(C)OC(=O)NC1=N[C@](C)(c2cccc(Nc3cc(Cl)ccc3[N+](=O)[O-])c2F)CC(=O)N1CCO[Si](C)(C)C(C)(C)C. The Morgan fingerprint density at radius 1 is 1.18 bits per heavy atom. The minimum atomic E-state index is -2.14. The van der Waals surface area contributed by atoms with Gasteiger partial charge in [-0.3, -0.25) is 25.1 Å². The van der Waals surface area contributed by atoms with Crippen LogP contribution in [-0.2, 0) is 19.5 Å². The number of ether oxygens (including phenoxy) is 1. The number of nitrogens with zero attached hydrogens (tertiary/aromatic N) is 3. The lowest BCUT2D eigenvalue weighted by atomic mass is 9.86. The average molecular weight is 650 g/mol. The third-order valence-corrected chi connectivity index (χ3v) is 12.4. The Balaban J connectivity index is 2.01. The Kier molecular flexibility index (Phi) is 10.2. The van der Waals surface area contributed by atoms with E-state index >= 15 is 4.39 Å². The molecule has 1 aliphatic rings. The number of anilines is 2. The summed E-state index contributed by atoms with van der Waals surface area (Å²) in [6, 6.07) is 8.33. The van der Waals surface area contributed by atoms with Gasteiger partial charge in [-0.25, -0.2) is 14.2 Å². The second-order valence-electron chi connectivity index (χ2n) is 13.4. The van der Waals surface area contributed by atoms with E-state index in [-0.39, 0.29) is 58.2 Å². The van der Waals surface area contributed by atoms with Crippen LogP contribution < -0.4 is 10.6 Å². The summed E-state index contributed by atoms with van der Waals surface area (Å²) in [5, 5.41) is 17.1. The highest BCUT2D eigenvalue weighted by Gasteiger charge is 2.42. The molecule has 0 unspecified atom stereocenters. The molecule has 0 bridgehead atoms. The molecule has 1 aliphatic heterocycles. The lowest BCUT2D eigenvalue weighted by Crippen LogP contribution is -2.55. The van der Waals surface area contributed by atoms with Crippen LogP contribution in [0.4, 0.5) is 26.2 Å². The average Bonchev–Trinajstić information content (AvgIpc) is 2.84. The molecule has 11 nitrogen and oxygen atoms in total. The molecule has 2 aromatic carbocycles. The van der Waals surface area contributed by atoms with Crippen LogP contribution in [0.5, 0.6) is 0 Å². The second kappa shape index (κ2) is 12.8. The van der Waals surface area contributed by atoms with Gasteiger partial charge in [-0.05, 0) is 64.0 Å². The summed E-state index contributed by atoms with van der Waals surface area (Å²) in [6.45, 7) is 17.5. The van der Waals surface area contributed by atoms with Crippen LogP contribution in [0, 0.1) is 15.9 Å². The first kappa shape index (κ1) is 34.9. The van der Waals surface area contributed by atoms with Crippen molar-refractivity contribution in [3.05, 3.63) is 62.9 Å². The van der Waals surface area contributed by atoms with Gasteiger partial charge in [0.15, 0.2) is 14.1 Å². The molecule has 0 spiro atoms. The van der Waals surface area contributed by atoms with Crippen molar-refractivity contribution in [2.75, 3.05) is 18.5 Å². The van der Waals surface area contributed by atoms with Crippen molar-refractivity contribution in [3.63, 3.8) is 0 Å². The van der Waals surface area contributed by atoms with E-state index in [0.29, 0.717) is 0 Å². The van der Waals surface area contributed by atoms with Gasteiger partial charge in [0, 0.05) is 16.7 Å². The molecule has 240 valence electrons. The zero-order valence-corrected chi connectivity index (χ0v) is 28.4. The Labute approximate surface area is 263 Å². The molecule has 2 amide bonds.